The summed E-state index contributed by atoms with van der Waals surface area (Å²) in [7, 11) is 0. The molecule has 7 heteroatoms. The predicted molar refractivity (Wildman–Crippen MR) is 109 cm³/mol. The largest absolute Gasteiger partial charge is 0.508 e. The fraction of sp³-hybridized carbons (Fsp3) is 0.136. The number of rotatable bonds is 7. The van der Waals surface area contributed by atoms with Gasteiger partial charge in [-0.3, -0.25) is 9.79 Å². The van der Waals surface area contributed by atoms with Crippen molar-refractivity contribution in [3.63, 3.8) is 0 Å². The van der Waals surface area contributed by atoms with Crippen LogP contribution in [0.3, 0.4) is 0 Å². The minimum atomic E-state index is -1.16. The Morgan fingerprint density at radius 2 is 1.72 bits per heavy atom. The van der Waals surface area contributed by atoms with Gasteiger partial charge < -0.3 is 20.6 Å². The molecule has 0 saturated heterocycles. The lowest BCUT2D eigenvalue weighted by Gasteiger charge is -2.14. The van der Waals surface area contributed by atoms with E-state index < -0.39 is 17.9 Å². The third-order valence-electron chi connectivity index (χ3n) is 4.41. The van der Waals surface area contributed by atoms with Gasteiger partial charge in [0.2, 0.25) is 5.91 Å². The molecule has 0 fully saturated rings. The molecular weight excluding hydrogens is 372 g/mol. The van der Waals surface area contributed by atoms with Crippen LogP contribution in [0.25, 0.3) is 10.8 Å². The number of aliphatic carboxylic acids is 1. The highest BCUT2D eigenvalue weighted by Crippen LogP contribution is 2.25. The molecule has 0 aliphatic heterocycles. The van der Waals surface area contributed by atoms with Crippen LogP contribution in [0.4, 0.5) is 0 Å². The number of carbonyl (C=O) groups is 2. The van der Waals surface area contributed by atoms with Gasteiger partial charge in [-0.1, -0.05) is 42.5 Å². The zero-order chi connectivity index (χ0) is 20.8. The predicted octanol–water partition coefficient (Wildman–Crippen LogP) is 2.48. The number of nitrogens with zero attached hydrogens (tertiary/aromatic N) is 1. The monoisotopic (exact) mass is 392 g/mol. The first-order chi connectivity index (χ1) is 13.9. The summed E-state index contributed by atoms with van der Waals surface area (Å²) in [6.07, 6.45) is 1.49. The van der Waals surface area contributed by atoms with Crippen molar-refractivity contribution < 1.29 is 24.9 Å². The molecule has 148 valence electrons. The number of hydrogen-bond acceptors (Lipinski definition) is 5. The average molecular weight is 392 g/mol. The van der Waals surface area contributed by atoms with Crippen molar-refractivity contribution in [1.29, 1.82) is 0 Å². The van der Waals surface area contributed by atoms with Crippen LogP contribution in [0.2, 0.25) is 0 Å². The summed E-state index contributed by atoms with van der Waals surface area (Å²) in [5.74, 6) is -1.59. The van der Waals surface area contributed by atoms with Gasteiger partial charge in [-0.05, 0) is 34.5 Å². The highest BCUT2D eigenvalue weighted by atomic mass is 16.4. The molecular formula is C22H20N2O5. The van der Waals surface area contributed by atoms with Crippen molar-refractivity contribution in [3.05, 3.63) is 71.8 Å². The Balaban J connectivity index is 1.66. The molecule has 0 aliphatic rings. The van der Waals surface area contributed by atoms with Crippen molar-refractivity contribution in [2.24, 2.45) is 4.99 Å². The van der Waals surface area contributed by atoms with Gasteiger partial charge in [-0.15, -0.1) is 0 Å². The number of nitrogens with one attached hydrogen (secondary N) is 1. The van der Waals surface area contributed by atoms with E-state index in [1.54, 1.807) is 24.3 Å². The van der Waals surface area contributed by atoms with E-state index in [1.807, 2.05) is 24.3 Å². The molecule has 7 nitrogen and oxygen atoms in total. The summed E-state index contributed by atoms with van der Waals surface area (Å²) >= 11 is 0. The second-order valence-corrected chi connectivity index (χ2v) is 6.52. The summed E-state index contributed by atoms with van der Waals surface area (Å²) < 4.78 is 0. The number of fused-ring (bicyclic) bond motifs is 1. The minimum absolute atomic E-state index is 0.0450. The number of aromatic hydroxyl groups is 2. The van der Waals surface area contributed by atoms with E-state index in [9.17, 15) is 24.9 Å². The van der Waals surface area contributed by atoms with Gasteiger partial charge in [-0.25, -0.2) is 4.79 Å². The smallest absolute Gasteiger partial charge is 0.326 e. The Kier molecular flexibility index (Phi) is 6.09. The standard InChI is InChI=1S/C22H20N2O5/c25-16-8-5-14(6-9-16)11-19(22(28)29)24-21(27)13-23-12-18-17-4-2-1-3-15(17)7-10-20(18)26/h1-10,12,19,25-26H,11,13H2,(H,24,27)(H,28,29). The molecule has 4 N–H and O–H groups in total. The van der Waals surface area contributed by atoms with Gasteiger partial charge in [0.15, 0.2) is 0 Å². The Morgan fingerprint density at radius 3 is 2.45 bits per heavy atom. The molecule has 3 aromatic carbocycles. The van der Waals surface area contributed by atoms with Crippen LogP contribution < -0.4 is 5.32 Å². The second kappa shape index (κ2) is 8.88. The van der Waals surface area contributed by atoms with Crippen molar-refractivity contribution in [2.75, 3.05) is 6.54 Å². The third-order valence-corrected chi connectivity index (χ3v) is 4.41. The van der Waals surface area contributed by atoms with E-state index in [0.29, 0.717) is 11.1 Å². The Hall–Kier alpha value is -3.87. The van der Waals surface area contributed by atoms with Gasteiger partial charge in [0.25, 0.3) is 0 Å². The summed E-state index contributed by atoms with van der Waals surface area (Å²) in [6.45, 7) is -0.276. The number of hydrogen-bond donors (Lipinski definition) is 4. The molecule has 0 heterocycles. The molecule has 1 amide bonds. The number of benzene rings is 3. The van der Waals surface area contributed by atoms with Crippen LogP contribution in [0.15, 0.2) is 65.7 Å². The summed E-state index contributed by atoms with van der Waals surface area (Å²) in [6, 6.07) is 15.8. The molecule has 0 aromatic heterocycles. The van der Waals surface area contributed by atoms with Gasteiger partial charge >= 0.3 is 5.97 Å². The zero-order valence-electron chi connectivity index (χ0n) is 15.4. The van der Waals surface area contributed by atoms with Gasteiger partial charge in [-0.2, -0.15) is 0 Å². The van der Waals surface area contributed by atoms with E-state index >= 15 is 0 Å². The van der Waals surface area contributed by atoms with Gasteiger partial charge in [0.1, 0.15) is 24.1 Å². The number of phenols is 2. The summed E-state index contributed by atoms with van der Waals surface area (Å²) in [4.78, 5) is 27.7. The SMILES string of the molecule is O=C(CN=Cc1c(O)ccc2ccccc12)NC(Cc1ccc(O)cc1)C(=O)O. The lowest BCUT2D eigenvalue weighted by molar-refractivity contribution is -0.141. The molecule has 29 heavy (non-hydrogen) atoms. The number of carboxylic acid groups (broad SMARTS) is 1. The summed E-state index contributed by atoms with van der Waals surface area (Å²) in [5, 5.41) is 32.9. The molecule has 1 atom stereocenters. The molecule has 0 bridgehead atoms. The highest BCUT2D eigenvalue weighted by molar-refractivity contribution is 6.02. The first-order valence-electron chi connectivity index (χ1n) is 8.94. The number of carbonyl (C=O) groups excluding carboxylic acids is 1. The molecule has 3 rings (SSSR count). The molecule has 1 unspecified atom stereocenters. The topological polar surface area (TPSA) is 119 Å². The van der Waals surface area contributed by atoms with Crippen molar-refractivity contribution in [3.8, 4) is 11.5 Å². The number of phenolic OH excluding ortho intramolecular Hbond substituents is 2. The molecule has 0 radical (unpaired) electrons. The fourth-order valence-corrected chi connectivity index (χ4v) is 2.95. The maximum Gasteiger partial charge on any atom is 0.326 e. The van der Waals surface area contributed by atoms with Crippen molar-refractivity contribution >= 4 is 28.9 Å². The number of amides is 1. The van der Waals surface area contributed by atoms with Crippen LogP contribution in [-0.4, -0.2) is 46.0 Å². The maximum atomic E-state index is 12.2. The van der Waals surface area contributed by atoms with E-state index in [4.69, 9.17) is 0 Å². The van der Waals surface area contributed by atoms with Crippen LogP contribution in [-0.2, 0) is 16.0 Å². The molecule has 0 aliphatic carbocycles. The first kappa shape index (κ1) is 19.9. The quantitative estimate of drug-likeness (QED) is 0.461. The molecule has 0 spiro atoms. The zero-order valence-corrected chi connectivity index (χ0v) is 15.4. The number of carboxylic acids is 1. The van der Waals surface area contributed by atoms with E-state index in [0.717, 1.165) is 10.8 Å². The lowest BCUT2D eigenvalue weighted by atomic mass is 10.0. The Labute approximate surface area is 167 Å². The number of aliphatic imine (C=N–C) groups is 1. The second-order valence-electron chi connectivity index (χ2n) is 6.52. The normalized spacial score (nSPS) is 12.1. The van der Waals surface area contributed by atoms with Crippen LogP contribution >= 0.6 is 0 Å². The Morgan fingerprint density at radius 1 is 1.00 bits per heavy atom. The van der Waals surface area contributed by atoms with Crippen LogP contribution in [0, 0.1) is 0 Å². The maximum absolute atomic E-state index is 12.2. The highest BCUT2D eigenvalue weighted by Gasteiger charge is 2.20. The Bertz CT molecular complexity index is 1060. The third kappa shape index (κ3) is 5.10. The van der Waals surface area contributed by atoms with Gasteiger partial charge in [0.05, 0.1) is 0 Å². The van der Waals surface area contributed by atoms with Crippen molar-refractivity contribution in [1.82, 2.24) is 5.32 Å². The summed E-state index contributed by atoms with van der Waals surface area (Å²) in [5.41, 5.74) is 1.16. The van der Waals surface area contributed by atoms with E-state index in [1.165, 1.54) is 18.3 Å². The molecule has 0 saturated carbocycles. The van der Waals surface area contributed by atoms with Crippen LogP contribution in [0.5, 0.6) is 11.5 Å². The first-order valence-corrected chi connectivity index (χ1v) is 8.94. The van der Waals surface area contributed by atoms with E-state index in [2.05, 4.69) is 10.3 Å². The van der Waals surface area contributed by atoms with E-state index in [-0.39, 0.29) is 24.5 Å². The lowest BCUT2D eigenvalue weighted by Crippen LogP contribution is -2.43. The average Bonchev–Trinajstić information content (AvgIpc) is 2.70. The minimum Gasteiger partial charge on any atom is -0.508 e. The van der Waals surface area contributed by atoms with Gasteiger partial charge in [0, 0.05) is 18.2 Å². The van der Waals surface area contributed by atoms with Crippen LogP contribution in [0.1, 0.15) is 11.1 Å². The molecule has 3 aromatic rings. The van der Waals surface area contributed by atoms with Crippen molar-refractivity contribution in [2.45, 2.75) is 12.5 Å². The fourth-order valence-electron chi connectivity index (χ4n) is 2.95.